The van der Waals surface area contributed by atoms with Crippen molar-refractivity contribution in [3.63, 3.8) is 0 Å². The molecule has 0 aliphatic carbocycles. The molecule has 0 aliphatic rings. The monoisotopic (exact) mass is 352 g/mol. The fourth-order valence-corrected chi connectivity index (χ4v) is 2.94. The highest BCUT2D eigenvalue weighted by molar-refractivity contribution is 5.86. The van der Waals surface area contributed by atoms with Crippen LogP contribution in [0.25, 0.3) is 10.9 Å². The zero-order valence-corrected chi connectivity index (χ0v) is 14.3. The molecule has 3 rings (SSSR count). The summed E-state index contributed by atoms with van der Waals surface area (Å²) in [5.41, 5.74) is 2.58. The third-order valence-electron chi connectivity index (χ3n) is 4.36. The predicted molar refractivity (Wildman–Crippen MR) is 97.9 cm³/mol. The zero-order valence-electron chi connectivity index (χ0n) is 14.3. The molecule has 0 radical (unpaired) electrons. The maximum Gasteiger partial charge on any atom is 0.408 e. The molecule has 2 atom stereocenters. The number of carboxylic acid groups (broad SMARTS) is 1. The number of ether oxygens (including phenoxy) is 1. The molecule has 3 aromatic rings. The first-order valence-electron chi connectivity index (χ1n) is 8.32. The van der Waals surface area contributed by atoms with Crippen LogP contribution in [0.1, 0.15) is 24.0 Å². The molecule has 6 nitrogen and oxygen atoms in total. The summed E-state index contributed by atoms with van der Waals surface area (Å²) in [5.74, 6) is -1.55. The first-order valence-corrected chi connectivity index (χ1v) is 8.32. The number of aromatic nitrogens is 1. The molecule has 0 fully saturated rings. The highest BCUT2D eigenvalue weighted by atomic mass is 16.5. The van der Waals surface area contributed by atoms with Gasteiger partial charge in [0.25, 0.3) is 0 Å². The number of alkyl carbamates (subject to hydrolysis) is 1. The van der Waals surface area contributed by atoms with E-state index in [9.17, 15) is 14.7 Å². The first kappa shape index (κ1) is 17.5. The number of nitrogens with one attached hydrogen (secondary N) is 2. The third-order valence-corrected chi connectivity index (χ3v) is 4.36. The molecule has 0 saturated heterocycles. The molecule has 0 bridgehead atoms. The molecule has 1 amide bonds. The number of para-hydroxylation sites is 1. The van der Waals surface area contributed by atoms with Gasteiger partial charge in [-0.15, -0.1) is 0 Å². The van der Waals surface area contributed by atoms with Gasteiger partial charge in [0.2, 0.25) is 0 Å². The molecule has 2 aromatic carbocycles. The average molecular weight is 352 g/mol. The molecule has 0 spiro atoms. The quantitative estimate of drug-likeness (QED) is 0.631. The van der Waals surface area contributed by atoms with E-state index in [1.165, 1.54) is 0 Å². The average Bonchev–Trinajstić information content (AvgIpc) is 3.08. The van der Waals surface area contributed by atoms with E-state index in [2.05, 4.69) is 10.3 Å². The number of carbonyl (C=O) groups excluding carboxylic acids is 1. The van der Waals surface area contributed by atoms with E-state index < -0.39 is 24.0 Å². The largest absolute Gasteiger partial charge is 0.480 e. The van der Waals surface area contributed by atoms with Gasteiger partial charge in [-0.2, -0.15) is 0 Å². The smallest absolute Gasteiger partial charge is 0.408 e. The standard InChI is InChI=1S/C20H20N2O4/c1-13(16-11-21-17-10-6-5-9-15(16)17)18(19(23)24)22-20(25)26-12-14-7-3-2-4-8-14/h2-11,13,18,21H,12H2,1H3,(H,22,25)(H,23,24)/t13-,18+/m1/s1. The van der Waals surface area contributed by atoms with Crippen molar-refractivity contribution in [3.05, 3.63) is 71.9 Å². The Morgan fingerprint density at radius 1 is 1.12 bits per heavy atom. The highest BCUT2D eigenvalue weighted by Crippen LogP contribution is 2.27. The summed E-state index contributed by atoms with van der Waals surface area (Å²) in [6, 6.07) is 15.8. The second kappa shape index (κ2) is 7.74. The van der Waals surface area contributed by atoms with Crippen molar-refractivity contribution in [1.29, 1.82) is 0 Å². The van der Waals surface area contributed by atoms with Crippen molar-refractivity contribution in [2.24, 2.45) is 0 Å². The molecule has 0 aliphatic heterocycles. The first-order chi connectivity index (χ1) is 12.6. The van der Waals surface area contributed by atoms with E-state index >= 15 is 0 Å². The van der Waals surface area contributed by atoms with E-state index in [4.69, 9.17) is 4.74 Å². The van der Waals surface area contributed by atoms with Crippen LogP contribution in [0.5, 0.6) is 0 Å². The van der Waals surface area contributed by atoms with Crippen LogP contribution in [0, 0.1) is 0 Å². The Balaban J connectivity index is 1.70. The number of amides is 1. The van der Waals surface area contributed by atoms with Gasteiger partial charge in [-0.3, -0.25) is 0 Å². The van der Waals surface area contributed by atoms with E-state index in [0.717, 1.165) is 22.0 Å². The molecular formula is C20H20N2O4. The summed E-state index contributed by atoms with van der Waals surface area (Å²) < 4.78 is 5.14. The number of hydrogen-bond donors (Lipinski definition) is 3. The summed E-state index contributed by atoms with van der Waals surface area (Å²) in [6.07, 6.45) is 1.02. The van der Waals surface area contributed by atoms with Crippen LogP contribution in [0.2, 0.25) is 0 Å². The Hall–Kier alpha value is -3.28. The Morgan fingerprint density at radius 2 is 1.81 bits per heavy atom. The summed E-state index contributed by atoms with van der Waals surface area (Å²) in [5, 5.41) is 13.0. The number of carbonyl (C=O) groups is 2. The Labute approximate surface area is 150 Å². The van der Waals surface area contributed by atoms with Gasteiger partial charge in [-0.25, -0.2) is 9.59 Å². The molecule has 0 unspecified atom stereocenters. The summed E-state index contributed by atoms with van der Waals surface area (Å²) in [6.45, 7) is 1.85. The lowest BCUT2D eigenvalue weighted by molar-refractivity contribution is -0.139. The number of hydrogen-bond acceptors (Lipinski definition) is 3. The van der Waals surface area contributed by atoms with Crippen molar-refractivity contribution in [2.45, 2.75) is 25.5 Å². The highest BCUT2D eigenvalue weighted by Gasteiger charge is 2.29. The van der Waals surface area contributed by atoms with Crippen molar-refractivity contribution >= 4 is 23.0 Å². The molecule has 0 saturated carbocycles. The topological polar surface area (TPSA) is 91.4 Å². The molecular weight excluding hydrogens is 332 g/mol. The van der Waals surface area contributed by atoms with Gasteiger partial charge in [0.05, 0.1) is 0 Å². The van der Waals surface area contributed by atoms with Gasteiger partial charge in [0.1, 0.15) is 12.6 Å². The van der Waals surface area contributed by atoms with Gasteiger partial charge in [-0.1, -0.05) is 55.5 Å². The van der Waals surface area contributed by atoms with E-state index in [-0.39, 0.29) is 6.61 Å². The van der Waals surface area contributed by atoms with Gasteiger partial charge in [0, 0.05) is 23.0 Å². The zero-order chi connectivity index (χ0) is 18.5. The predicted octanol–water partition coefficient (Wildman–Crippen LogP) is 3.65. The van der Waals surface area contributed by atoms with Crippen molar-refractivity contribution in [1.82, 2.24) is 10.3 Å². The normalized spacial score (nSPS) is 13.1. The summed E-state index contributed by atoms with van der Waals surface area (Å²) in [4.78, 5) is 26.9. The number of H-pyrrole nitrogens is 1. The lowest BCUT2D eigenvalue weighted by Gasteiger charge is -2.21. The minimum atomic E-state index is -1.11. The van der Waals surface area contributed by atoms with E-state index in [1.807, 2.05) is 54.6 Å². The van der Waals surface area contributed by atoms with Crippen LogP contribution in [0.15, 0.2) is 60.8 Å². The third kappa shape index (κ3) is 3.85. The second-order valence-electron chi connectivity index (χ2n) is 6.10. The fourth-order valence-electron chi connectivity index (χ4n) is 2.94. The molecule has 1 heterocycles. The molecule has 3 N–H and O–H groups in total. The SMILES string of the molecule is C[C@H](c1c[nH]c2ccccc12)[C@H](NC(=O)OCc1ccccc1)C(=O)O. The van der Waals surface area contributed by atoms with Gasteiger partial charge < -0.3 is 20.1 Å². The van der Waals surface area contributed by atoms with Crippen molar-refractivity contribution in [3.8, 4) is 0 Å². The second-order valence-corrected chi connectivity index (χ2v) is 6.10. The lowest BCUT2D eigenvalue weighted by atomic mass is 9.93. The van der Waals surface area contributed by atoms with Gasteiger partial charge in [-0.05, 0) is 17.2 Å². The molecule has 134 valence electrons. The maximum atomic E-state index is 12.1. The number of fused-ring (bicyclic) bond motifs is 1. The van der Waals surface area contributed by atoms with Crippen LogP contribution in [0.4, 0.5) is 4.79 Å². The van der Waals surface area contributed by atoms with E-state index in [1.54, 1.807) is 13.1 Å². The van der Waals surface area contributed by atoms with Crippen LogP contribution in [-0.4, -0.2) is 28.2 Å². The summed E-state index contributed by atoms with van der Waals surface area (Å²) in [7, 11) is 0. The van der Waals surface area contributed by atoms with Crippen molar-refractivity contribution < 1.29 is 19.4 Å². The maximum absolute atomic E-state index is 12.1. The lowest BCUT2D eigenvalue weighted by Crippen LogP contribution is -2.44. The number of aromatic amines is 1. The van der Waals surface area contributed by atoms with Gasteiger partial charge >= 0.3 is 12.1 Å². The van der Waals surface area contributed by atoms with Gasteiger partial charge in [0.15, 0.2) is 0 Å². The Morgan fingerprint density at radius 3 is 2.54 bits per heavy atom. The number of benzene rings is 2. The van der Waals surface area contributed by atoms with Crippen LogP contribution < -0.4 is 5.32 Å². The molecule has 26 heavy (non-hydrogen) atoms. The molecule has 1 aromatic heterocycles. The summed E-state index contributed by atoms with van der Waals surface area (Å²) >= 11 is 0. The van der Waals surface area contributed by atoms with Crippen LogP contribution in [0.3, 0.4) is 0 Å². The number of carboxylic acids is 1. The Kier molecular flexibility index (Phi) is 5.22. The Bertz CT molecular complexity index is 904. The number of rotatable bonds is 6. The fraction of sp³-hybridized carbons (Fsp3) is 0.200. The minimum absolute atomic E-state index is 0.0838. The van der Waals surface area contributed by atoms with Crippen molar-refractivity contribution in [2.75, 3.05) is 0 Å². The van der Waals surface area contributed by atoms with Crippen LogP contribution >= 0.6 is 0 Å². The minimum Gasteiger partial charge on any atom is -0.480 e. The van der Waals surface area contributed by atoms with Crippen LogP contribution in [-0.2, 0) is 16.1 Å². The van der Waals surface area contributed by atoms with E-state index in [0.29, 0.717) is 0 Å². The molecule has 6 heteroatoms. The number of aliphatic carboxylic acids is 1.